The van der Waals surface area contributed by atoms with Crippen molar-refractivity contribution in [3.63, 3.8) is 0 Å². The van der Waals surface area contributed by atoms with Gasteiger partial charge < -0.3 is 9.73 Å². The number of halogens is 1. The Morgan fingerprint density at radius 3 is 2.88 bits per heavy atom. The number of benzene rings is 1. The van der Waals surface area contributed by atoms with E-state index >= 15 is 0 Å². The number of aromatic nitrogens is 2. The minimum absolute atomic E-state index is 0.266. The molecule has 0 atom stereocenters. The maximum Gasteiger partial charge on any atom is 0.247 e. The zero-order chi connectivity index (χ0) is 12.3. The molecule has 90 valence electrons. The Morgan fingerprint density at radius 1 is 1.35 bits per heavy atom. The molecule has 1 aromatic carbocycles. The monoisotopic (exact) mass is 235 g/mol. The van der Waals surface area contributed by atoms with Crippen LogP contribution in [0.3, 0.4) is 0 Å². The fourth-order valence-electron chi connectivity index (χ4n) is 1.43. The molecule has 0 aliphatic heterocycles. The number of nitrogens with zero attached hydrogens (tertiary/aromatic N) is 2. The fourth-order valence-corrected chi connectivity index (χ4v) is 1.43. The Bertz CT molecular complexity index is 510. The Hall–Kier alpha value is -1.75. The van der Waals surface area contributed by atoms with Crippen molar-refractivity contribution >= 4 is 0 Å². The summed E-state index contributed by atoms with van der Waals surface area (Å²) in [6, 6.07) is 4.88. The van der Waals surface area contributed by atoms with Crippen molar-refractivity contribution in [3.05, 3.63) is 35.5 Å². The highest BCUT2D eigenvalue weighted by molar-refractivity contribution is 5.53. The van der Waals surface area contributed by atoms with Gasteiger partial charge in [0.25, 0.3) is 0 Å². The molecule has 0 unspecified atom stereocenters. The molecule has 0 fully saturated rings. The van der Waals surface area contributed by atoms with E-state index in [-0.39, 0.29) is 5.82 Å². The summed E-state index contributed by atoms with van der Waals surface area (Å²) in [6.07, 6.45) is 0.665. The lowest BCUT2D eigenvalue weighted by molar-refractivity contribution is 0.499. The van der Waals surface area contributed by atoms with Gasteiger partial charge in [0, 0.05) is 18.5 Å². The summed E-state index contributed by atoms with van der Waals surface area (Å²) in [5.41, 5.74) is 1.21. The van der Waals surface area contributed by atoms with E-state index in [1.165, 1.54) is 6.07 Å². The summed E-state index contributed by atoms with van der Waals surface area (Å²) in [5, 5.41) is 10.8. The van der Waals surface area contributed by atoms with Crippen LogP contribution in [0.25, 0.3) is 11.5 Å². The highest BCUT2D eigenvalue weighted by atomic mass is 19.1. The average Bonchev–Trinajstić information content (AvgIpc) is 2.79. The van der Waals surface area contributed by atoms with E-state index in [4.69, 9.17) is 4.42 Å². The van der Waals surface area contributed by atoms with Crippen LogP contribution < -0.4 is 5.32 Å². The summed E-state index contributed by atoms with van der Waals surface area (Å²) in [6.45, 7) is 2.48. The molecule has 0 radical (unpaired) electrons. The lowest BCUT2D eigenvalue weighted by Crippen LogP contribution is -2.10. The average molecular weight is 235 g/mol. The van der Waals surface area contributed by atoms with Crippen molar-refractivity contribution in [2.45, 2.75) is 13.3 Å². The maximum atomic E-state index is 13.4. The molecule has 1 heterocycles. The van der Waals surface area contributed by atoms with Crippen molar-refractivity contribution in [2.24, 2.45) is 0 Å². The third-order valence-electron chi connectivity index (χ3n) is 2.47. The second-order valence-corrected chi connectivity index (χ2v) is 3.82. The molecule has 0 saturated heterocycles. The van der Waals surface area contributed by atoms with Crippen LogP contribution in [0.1, 0.15) is 11.5 Å². The lowest BCUT2D eigenvalue weighted by atomic mass is 10.1. The third kappa shape index (κ3) is 2.68. The van der Waals surface area contributed by atoms with Gasteiger partial charge >= 0.3 is 0 Å². The fraction of sp³-hybridized carbons (Fsp3) is 0.333. The molecule has 1 N–H and O–H groups in total. The van der Waals surface area contributed by atoms with Gasteiger partial charge in [0.05, 0.1) is 0 Å². The largest absolute Gasteiger partial charge is 0.421 e. The van der Waals surface area contributed by atoms with Crippen molar-refractivity contribution in [1.82, 2.24) is 15.5 Å². The molecule has 0 bridgehead atoms. The Morgan fingerprint density at radius 2 is 2.18 bits per heavy atom. The van der Waals surface area contributed by atoms with Crippen LogP contribution >= 0.6 is 0 Å². The summed E-state index contributed by atoms with van der Waals surface area (Å²) in [4.78, 5) is 0. The standard InChI is InChI=1S/C12H14FN3O/c1-8-3-4-9(7-10(8)13)12-16-15-11(17-12)5-6-14-2/h3-4,7,14H,5-6H2,1-2H3. The number of hydrogen-bond donors (Lipinski definition) is 1. The first-order chi connectivity index (χ1) is 8.20. The zero-order valence-electron chi connectivity index (χ0n) is 9.83. The summed E-state index contributed by atoms with van der Waals surface area (Å²) >= 11 is 0. The number of aryl methyl sites for hydroxylation is 1. The van der Waals surface area contributed by atoms with E-state index in [1.807, 2.05) is 7.05 Å². The Kier molecular flexibility index (Phi) is 3.49. The smallest absolute Gasteiger partial charge is 0.247 e. The minimum atomic E-state index is -0.266. The molecule has 0 spiro atoms. The van der Waals surface area contributed by atoms with Crippen LogP contribution in [0.15, 0.2) is 22.6 Å². The van der Waals surface area contributed by atoms with E-state index in [9.17, 15) is 4.39 Å². The van der Waals surface area contributed by atoms with Crippen LogP contribution in [0.4, 0.5) is 4.39 Å². The van der Waals surface area contributed by atoms with Crippen molar-refractivity contribution in [1.29, 1.82) is 0 Å². The van der Waals surface area contributed by atoms with Gasteiger partial charge in [-0.3, -0.25) is 0 Å². The molecule has 5 heteroatoms. The van der Waals surface area contributed by atoms with E-state index in [1.54, 1.807) is 19.1 Å². The number of hydrogen-bond acceptors (Lipinski definition) is 4. The van der Waals surface area contributed by atoms with E-state index in [0.29, 0.717) is 29.3 Å². The van der Waals surface area contributed by atoms with Crippen LogP contribution in [0.5, 0.6) is 0 Å². The number of rotatable bonds is 4. The molecule has 0 saturated carbocycles. The molecule has 2 aromatic rings. The predicted molar refractivity (Wildman–Crippen MR) is 62.1 cm³/mol. The normalized spacial score (nSPS) is 10.8. The first-order valence-electron chi connectivity index (χ1n) is 5.44. The topological polar surface area (TPSA) is 51.0 Å². The van der Waals surface area contributed by atoms with Gasteiger partial charge in [-0.05, 0) is 31.7 Å². The van der Waals surface area contributed by atoms with Crippen LogP contribution in [0, 0.1) is 12.7 Å². The highest BCUT2D eigenvalue weighted by Gasteiger charge is 2.09. The van der Waals surface area contributed by atoms with Gasteiger partial charge in [0.15, 0.2) is 0 Å². The Labute approximate surface area is 98.9 Å². The molecule has 0 aliphatic rings. The van der Waals surface area contributed by atoms with Gasteiger partial charge in [-0.15, -0.1) is 10.2 Å². The minimum Gasteiger partial charge on any atom is -0.421 e. The second-order valence-electron chi connectivity index (χ2n) is 3.82. The molecular weight excluding hydrogens is 221 g/mol. The van der Waals surface area contributed by atoms with Gasteiger partial charge in [-0.25, -0.2) is 4.39 Å². The number of likely N-dealkylation sites (N-methyl/N-ethyl adjacent to an activating group) is 1. The van der Waals surface area contributed by atoms with Crippen LogP contribution in [-0.4, -0.2) is 23.8 Å². The summed E-state index contributed by atoms with van der Waals surface area (Å²) in [7, 11) is 1.85. The van der Waals surface area contributed by atoms with E-state index in [0.717, 1.165) is 6.54 Å². The lowest BCUT2D eigenvalue weighted by Gasteiger charge is -1.98. The third-order valence-corrected chi connectivity index (χ3v) is 2.47. The quantitative estimate of drug-likeness (QED) is 0.880. The van der Waals surface area contributed by atoms with Crippen molar-refractivity contribution in [3.8, 4) is 11.5 Å². The van der Waals surface area contributed by atoms with E-state index < -0.39 is 0 Å². The predicted octanol–water partition coefficient (Wildman–Crippen LogP) is 1.95. The maximum absolute atomic E-state index is 13.4. The zero-order valence-corrected chi connectivity index (χ0v) is 9.83. The molecule has 0 amide bonds. The molecular formula is C12H14FN3O. The second kappa shape index (κ2) is 5.05. The molecule has 1 aromatic heterocycles. The van der Waals surface area contributed by atoms with Crippen molar-refractivity contribution < 1.29 is 8.81 Å². The van der Waals surface area contributed by atoms with E-state index in [2.05, 4.69) is 15.5 Å². The molecule has 2 rings (SSSR count). The van der Waals surface area contributed by atoms with Crippen molar-refractivity contribution in [2.75, 3.05) is 13.6 Å². The number of nitrogens with one attached hydrogen (secondary N) is 1. The molecule has 0 aliphatic carbocycles. The molecule has 17 heavy (non-hydrogen) atoms. The molecule has 4 nitrogen and oxygen atoms in total. The van der Waals surface area contributed by atoms with Gasteiger partial charge in [-0.1, -0.05) is 6.07 Å². The first kappa shape index (κ1) is 11.7. The van der Waals surface area contributed by atoms with Crippen LogP contribution in [0.2, 0.25) is 0 Å². The summed E-state index contributed by atoms with van der Waals surface area (Å²) in [5.74, 6) is 0.641. The SMILES string of the molecule is CNCCc1nnc(-c2ccc(C)c(F)c2)o1. The highest BCUT2D eigenvalue weighted by Crippen LogP contribution is 2.20. The van der Waals surface area contributed by atoms with Gasteiger partial charge in [-0.2, -0.15) is 0 Å². The van der Waals surface area contributed by atoms with Gasteiger partial charge in [0.2, 0.25) is 11.8 Å². The van der Waals surface area contributed by atoms with Crippen LogP contribution in [-0.2, 0) is 6.42 Å². The van der Waals surface area contributed by atoms with Gasteiger partial charge in [0.1, 0.15) is 5.82 Å². The summed E-state index contributed by atoms with van der Waals surface area (Å²) < 4.78 is 18.8. The first-order valence-corrected chi connectivity index (χ1v) is 5.44. The Balaban J connectivity index is 2.21.